The van der Waals surface area contributed by atoms with Crippen LogP contribution in [-0.2, 0) is 25.8 Å². The van der Waals surface area contributed by atoms with Gasteiger partial charge in [0, 0.05) is 19.0 Å². The highest BCUT2D eigenvalue weighted by atomic mass is 15.3. The van der Waals surface area contributed by atoms with E-state index in [0.717, 1.165) is 18.8 Å². The molecule has 3 rings (SSSR count). The number of rotatable bonds is 5. The molecular weight excluding hydrogens is 248 g/mol. The fourth-order valence-corrected chi connectivity index (χ4v) is 3.29. The molecule has 1 aromatic heterocycles. The minimum absolute atomic E-state index is 0.455. The first-order valence-corrected chi connectivity index (χ1v) is 7.42. The second-order valence-electron chi connectivity index (χ2n) is 5.53. The van der Waals surface area contributed by atoms with E-state index in [0.29, 0.717) is 12.0 Å². The standard InChI is InChI=1S/C16H22N4/c1-3-20-16(18-11-19-20)10-15(17-2)14-8-12-6-4-5-7-13(12)9-14/h4-7,11,14-15,17H,3,8-10H2,1-2H3. The third-order valence-electron chi connectivity index (χ3n) is 4.42. The quantitative estimate of drug-likeness (QED) is 0.901. The maximum Gasteiger partial charge on any atom is 0.138 e. The molecule has 0 radical (unpaired) electrons. The van der Waals surface area contributed by atoms with E-state index >= 15 is 0 Å². The van der Waals surface area contributed by atoms with E-state index in [-0.39, 0.29) is 0 Å². The molecule has 1 heterocycles. The number of nitrogens with zero attached hydrogens (tertiary/aromatic N) is 3. The van der Waals surface area contributed by atoms with Gasteiger partial charge in [0.05, 0.1) is 0 Å². The molecule has 1 aliphatic carbocycles. The Hall–Kier alpha value is -1.68. The van der Waals surface area contributed by atoms with Crippen molar-refractivity contribution in [3.8, 4) is 0 Å². The third kappa shape index (κ3) is 2.48. The summed E-state index contributed by atoms with van der Waals surface area (Å²) in [6, 6.07) is 9.26. The highest BCUT2D eigenvalue weighted by Gasteiger charge is 2.28. The second kappa shape index (κ2) is 5.75. The number of likely N-dealkylation sites (N-methyl/N-ethyl adjacent to an activating group) is 1. The van der Waals surface area contributed by atoms with Gasteiger partial charge in [0.15, 0.2) is 0 Å². The summed E-state index contributed by atoms with van der Waals surface area (Å²) >= 11 is 0. The van der Waals surface area contributed by atoms with Crippen LogP contribution in [0.4, 0.5) is 0 Å². The average molecular weight is 270 g/mol. The normalized spacial score (nSPS) is 16.3. The third-order valence-corrected chi connectivity index (χ3v) is 4.42. The van der Waals surface area contributed by atoms with Crippen molar-refractivity contribution < 1.29 is 0 Å². The Balaban J connectivity index is 1.73. The van der Waals surface area contributed by atoms with Crippen molar-refractivity contribution in [1.82, 2.24) is 20.1 Å². The summed E-state index contributed by atoms with van der Waals surface area (Å²) in [7, 11) is 2.06. The first-order chi connectivity index (χ1) is 9.81. The first-order valence-electron chi connectivity index (χ1n) is 7.42. The van der Waals surface area contributed by atoms with Crippen molar-refractivity contribution >= 4 is 0 Å². The van der Waals surface area contributed by atoms with Gasteiger partial charge < -0.3 is 5.32 Å². The molecule has 1 atom stereocenters. The van der Waals surface area contributed by atoms with Crippen LogP contribution < -0.4 is 5.32 Å². The Morgan fingerprint density at radius 3 is 2.60 bits per heavy atom. The molecule has 1 aromatic carbocycles. The summed E-state index contributed by atoms with van der Waals surface area (Å²) in [6.07, 6.45) is 4.95. The number of hydrogen-bond acceptors (Lipinski definition) is 3. The molecule has 4 heteroatoms. The molecule has 1 N–H and O–H groups in total. The lowest BCUT2D eigenvalue weighted by Crippen LogP contribution is -2.37. The predicted molar refractivity (Wildman–Crippen MR) is 79.6 cm³/mol. The summed E-state index contributed by atoms with van der Waals surface area (Å²) in [6.45, 7) is 2.99. The highest BCUT2D eigenvalue weighted by Crippen LogP contribution is 2.29. The summed E-state index contributed by atoms with van der Waals surface area (Å²) < 4.78 is 1.99. The van der Waals surface area contributed by atoms with Gasteiger partial charge in [0.2, 0.25) is 0 Å². The molecule has 0 saturated carbocycles. The van der Waals surface area contributed by atoms with Crippen molar-refractivity contribution in [3.63, 3.8) is 0 Å². The number of aromatic nitrogens is 3. The highest BCUT2D eigenvalue weighted by molar-refractivity contribution is 5.32. The van der Waals surface area contributed by atoms with Crippen molar-refractivity contribution in [2.75, 3.05) is 7.05 Å². The fourth-order valence-electron chi connectivity index (χ4n) is 3.29. The van der Waals surface area contributed by atoms with E-state index < -0.39 is 0 Å². The van der Waals surface area contributed by atoms with Crippen LogP contribution in [0.2, 0.25) is 0 Å². The molecule has 0 fully saturated rings. The molecule has 0 spiro atoms. The lowest BCUT2D eigenvalue weighted by atomic mass is 9.94. The fraction of sp³-hybridized carbons (Fsp3) is 0.500. The molecule has 106 valence electrons. The minimum atomic E-state index is 0.455. The molecule has 2 aromatic rings. The predicted octanol–water partition coefficient (Wildman–Crippen LogP) is 1.84. The number of fused-ring (bicyclic) bond motifs is 1. The number of benzene rings is 1. The Bertz CT molecular complexity index is 550. The van der Waals surface area contributed by atoms with Crippen molar-refractivity contribution in [3.05, 3.63) is 47.5 Å². The SMILES string of the molecule is CCn1ncnc1CC(NC)C1Cc2ccccc2C1. The van der Waals surface area contributed by atoms with Gasteiger partial charge in [-0.25, -0.2) is 4.98 Å². The Kier molecular flexibility index (Phi) is 3.83. The number of aryl methyl sites for hydroxylation is 1. The van der Waals surface area contributed by atoms with Crippen molar-refractivity contribution in [2.24, 2.45) is 5.92 Å². The van der Waals surface area contributed by atoms with Gasteiger partial charge >= 0.3 is 0 Å². The van der Waals surface area contributed by atoms with Crippen LogP contribution in [0.15, 0.2) is 30.6 Å². The van der Waals surface area contributed by atoms with Gasteiger partial charge in [-0.2, -0.15) is 5.10 Å². The van der Waals surface area contributed by atoms with Crippen LogP contribution in [0.1, 0.15) is 23.9 Å². The Labute approximate surface area is 120 Å². The molecule has 0 bridgehead atoms. The topological polar surface area (TPSA) is 42.7 Å². The zero-order valence-corrected chi connectivity index (χ0v) is 12.2. The van der Waals surface area contributed by atoms with Gasteiger partial charge in [-0.3, -0.25) is 4.68 Å². The van der Waals surface area contributed by atoms with E-state index in [2.05, 4.69) is 53.6 Å². The van der Waals surface area contributed by atoms with E-state index in [1.807, 2.05) is 4.68 Å². The van der Waals surface area contributed by atoms with Crippen LogP contribution >= 0.6 is 0 Å². The smallest absolute Gasteiger partial charge is 0.138 e. The maximum atomic E-state index is 4.41. The number of hydrogen-bond donors (Lipinski definition) is 1. The minimum Gasteiger partial charge on any atom is -0.316 e. The zero-order chi connectivity index (χ0) is 13.9. The van der Waals surface area contributed by atoms with E-state index in [4.69, 9.17) is 0 Å². The van der Waals surface area contributed by atoms with E-state index in [9.17, 15) is 0 Å². The summed E-state index contributed by atoms with van der Waals surface area (Å²) in [5.74, 6) is 1.74. The van der Waals surface area contributed by atoms with Crippen LogP contribution in [0.25, 0.3) is 0 Å². The average Bonchev–Trinajstić information content (AvgIpc) is 3.10. The Morgan fingerprint density at radius 1 is 1.30 bits per heavy atom. The molecule has 0 amide bonds. The Morgan fingerprint density at radius 2 is 2.00 bits per heavy atom. The van der Waals surface area contributed by atoms with Crippen molar-refractivity contribution in [2.45, 2.75) is 38.8 Å². The van der Waals surface area contributed by atoms with Gasteiger partial charge in [0.1, 0.15) is 12.2 Å². The molecule has 20 heavy (non-hydrogen) atoms. The molecule has 1 unspecified atom stereocenters. The zero-order valence-electron chi connectivity index (χ0n) is 12.2. The summed E-state index contributed by atoms with van der Waals surface area (Å²) in [5.41, 5.74) is 3.02. The van der Waals surface area contributed by atoms with Gasteiger partial charge in [-0.15, -0.1) is 0 Å². The molecule has 4 nitrogen and oxygen atoms in total. The molecular formula is C16H22N4. The van der Waals surface area contributed by atoms with Crippen LogP contribution in [0.5, 0.6) is 0 Å². The number of nitrogens with one attached hydrogen (secondary N) is 1. The monoisotopic (exact) mass is 270 g/mol. The molecule has 1 aliphatic rings. The van der Waals surface area contributed by atoms with Crippen LogP contribution in [-0.4, -0.2) is 27.9 Å². The van der Waals surface area contributed by atoms with E-state index in [1.165, 1.54) is 24.0 Å². The summed E-state index contributed by atoms with van der Waals surface area (Å²) in [5, 5.41) is 7.75. The lowest BCUT2D eigenvalue weighted by molar-refractivity contribution is 0.371. The largest absolute Gasteiger partial charge is 0.316 e. The maximum absolute atomic E-state index is 4.41. The summed E-state index contributed by atoms with van der Waals surface area (Å²) in [4.78, 5) is 4.41. The second-order valence-corrected chi connectivity index (χ2v) is 5.53. The van der Waals surface area contributed by atoms with Crippen LogP contribution in [0.3, 0.4) is 0 Å². The first kappa shape index (κ1) is 13.3. The van der Waals surface area contributed by atoms with Crippen LogP contribution in [0, 0.1) is 5.92 Å². The van der Waals surface area contributed by atoms with Gasteiger partial charge in [0.25, 0.3) is 0 Å². The van der Waals surface area contributed by atoms with Crippen molar-refractivity contribution in [1.29, 1.82) is 0 Å². The molecule has 0 aliphatic heterocycles. The van der Waals surface area contributed by atoms with Gasteiger partial charge in [-0.05, 0) is 43.9 Å². The van der Waals surface area contributed by atoms with E-state index in [1.54, 1.807) is 6.33 Å². The lowest BCUT2D eigenvalue weighted by Gasteiger charge is -2.22. The molecule has 0 saturated heterocycles. The van der Waals surface area contributed by atoms with Gasteiger partial charge in [-0.1, -0.05) is 24.3 Å².